The molecule has 3 aromatic rings. The predicted molar refractivity (Wildman–Crippen MR) is 100 cm³/mol. The molecule has 0 spiro atoms. The Balaban J connectivity index is 1.67. The second kappa shape index (κ2) is 5.88. The summed E-state index contributed by atoms with van der Waals surface area (Å²) in [6.07, 6.45) is 0. The van der Waals surface area contributed by atoms with E-state index in [0.29, 0.717) is 11.8 Å². The molecule has 3 atom stereocenters. The van der Waals surface area contributed by atoms with Crippen molar-refractivity contribution in [2.24, 2.45) is 13.0 Å². The van der Waals surface area contributed by atoms with E-state index in [9.17, 15) is 4.79 Å². The molecule has 2 aromatic carbocycles. The van der Waals surface area contributed by atoms with Crippen LogP contribution in [0.5, 0.6) is 0 Å². The normalized spacial score (nSPS) is 21.9. The van der Waals surface area contributed by atoms with Crippen LogP contribution in [-0.4, -0.2) is 9.55 Å². The number of nitrogens with zero attached hydrogens (tertiary/aromatic N) is 2. The highest BCUT2D eigenvalue weighted by Crippen LogP contribution is 2.59. The third kappa shape index (κ3) is 2.74. The zero-order chi connectivity index (χ0) is 17.6. The molecule has 25 heavy (non-hydrogen) atoms. The summed E-state index contributed by atoms with van der Waals surface area (Å²) in [4.78, 5) is 16.5. The van der Waals surface area contributed by atoms with Gasteiger partial charge in [-0.2, -0.15) is 0 Å². The van der Waals surface area contributed by atoms with E-state index in [4.69, 9.17) is 5.73 Å². The summed E-state index contributed by atoms with van der Waals surface area (Å²) in [5.74, 6) is 1.35. The molecule has 1 saturated carbocycles. The molecular weight excluding hydrogens is 310 g/mol. The van der Waals surface area contributed by atoms with Gasteiger partial charge in [-0.25, -0.2) is 4.98 Å². The minimum Gasteiger partial charge on any atom is -0.369 e. The van der Waals surface area contributed by atoms with E-state index in [1.165, 1.54) is 21.3 Å². The van der Waals surface area contributed by atoms with E-state index in [1.807, 2.05) is 6.07 Å². The lowest BCUT2D eigenvalue weighted by atomic mass is 10.00. The van der Waals surface area contributed by atoms with E-state index >= 15 is 0 Å². The van der Waals surface area contributed by atoms with E-state index < -0.39 is 0 Å². The minimum atomic E-state index is -0.0987. The second-order valence-electron chi connectivity index (χ2n) is 6.84. The first-order valence-corrected chi connectivity index (χ1v) is 8.55. The molecular formula is C21H21N3O. The van der Waals surface area contributed by atoms with Gasteiger partial charge in [0.1, 0.15) is 0 Å². The van der Waals surface area contributed by atoms with Gasteiger partial charge in [0.2, 0.25) is 5.95 Å². The Bertz CT molecular complexity index is 978. The van der Waals surface area contributed by atoms with E-state index in [2.05, 4.69) is 60.4 Å². The Hall–Kier alpha value is -2.88. The van der Waals surface area contributed by atoms with Crippen molar-refractivity contribution in [2.45, 2.75) is 18.8 Å². The smallest absolute Gasteiger partial charge is 0.254 e. The minimum absolute atomic E-state index is 0.0987. The van der Waals surface area contributed by atoms with E-state index in [-0.39, 0.29) is 17.4 Å². The van der Waals surface area contributed by atoms with Crippen LogP contribution in [-0.2, 0) is 7.05 Å². The van der Waals surface area contributed by atoms with Crippen LogP contribution < -0.4 is 11.3 Å². The fraction of sp³-hybridized carbons (Fsp3) is 0.238. The van der Waals surface area contributed by atoms with Gasteiger partial charge >= 0.3 is 0 Å². The number of hydrogen-bond donors (Lipinski definition) is 1. The standard InChI is InChI=1S/C21H21N3O/c1-13-19(20(13)17-12-18(25)24(2)21(22)23-17)16-10-6-9-15(11-16)14-7-4-3-5-8-14/h3-13,19-20H,1-2H3,(H2,22,23)/t13-,19-,20+/m1/s1. The molecule has 1 fully saturated rings. The monoisotopic (exact) mass is 331 g/mol. The third-order valence-electron chi connectivity index (χ3n) is 5.29. The summed E-state index contributed by atoms with van der Waals surface area (Å²) in [7, 11) is 1.64. The summed E-state index contributed by atoms with van der Waals surface area (Å²) in [6, 6.07) is 20.6. The van der Waals surface area contributed by atoms with Crippen molar-refractivity contribution in [3.63, 3.8) is 0 Å². The molecule has 0 radical (unpaired) electrons. The van der Waals surface area contributed by atoms with Gasteiger partial charge in [0.05, 0.1) is 5.69 Å². The number of nitrogen functional groups attached to an aromatic ring is 1. The van der Waals surface area contributed by atoms with Crippen molar-refractivity contribution in [1.29, 1.82) is 0 Å². The Morgan fingerprint density at radius 3 is 2.40 bits per heavy atom. The first-order chi connectivity index (χ1) is 12.1. The Morgan fingerprint density at radius 2 is 1.68 bits per heavy atom. The van der Waals surface area contributed by atoms with Gasteiger partial charge in [0, 0.05) is 19.0 Å². The van der Waals surface area contributed by atoms with Crippen molar-refractivity contribution >= 4 is 5.95 Å². The fourth-order valence-electron chi connectivity index (χ4n) is 3.73. The molecule has 0 saturated heterocycles. The maximum absolute atomic E-state index is 12.0. The van der Waals surface area contributed by atoms with Gasteiger partial charge in [0.25, 0.3) is 5.56 Å². The second-order valence-corrected chi connectivity index (χ2v) is 6.84. The molecule has 126 valence electrons. The van der Waals surface area contributed by atoms with Crippen LogP contribution in [0.3, 0.4) is 0 Å². The fourth-order valence-corrected chi connectivity index (χ4v) is 3.73. The molecule has 1 aromatic heterocycles. The van der Waals surface area contributed by atoms with Crippen LogP contribution in [0.15, 0.2) is 65.5 Å². The lowest BCUT2D eigenvalue weighted by Crippen LogP contribution is -2.21. The van der Waals surface area contributed by atoms with Gasteiger partial charge < -0.3 is 5.73 Å². The molecule has 1 aliphatic rings. The lowest BCUT2D eigenvalue weighted by molar-refractivity contribution is 0.802. The molecule has 0 amide bonds. The molecule has 0 bridgehead atoms. The van der Waals surface area contributed by atoms with Gasteiger partial charge in [0.15, 0.2) is 0 Å². The van der Waals surface area contributed by atoms with Gasteiger partial charge in [-0.1, -0.05) is 61.5 Å². The third-order valence-corrected chi connectivity index (χ3v) is 5.29. The largest absolute Gasteiger partial charge is 0.369 e. The summed E-state index contributed by atoms with van der Waals surface area (Å²) in [6.45, 7) is 2.21. The van der Waals surface area contributed by atoms with Crippen LogP contribution in [0.4, 0.5) is 5.95 Å². The zero-order valence-corrected chi connectivity index (χ0v) is 14.4. The molecule has 0 unspecified atom stereocenters. The molecule has 1 aliphatic carbocycles. The van der Waals surface area contributed by atoms with Crippen LogP contribution in [0.1, 0.15) is 30.0 Å². The molecule has 4 nitrogen and oxygen atoms in total. The average Bonchev–Trinajstić information content (AvgIpc) is 3.31. The van der Waals surface area contributed by atoms with Gasteiger partial charge in [-0.05, 0) is 28.5 Å². The number of rotatable bonds is 3. The summed E-state index contributed by atoms with van der Waals surface area (Å²) in [5.41, 5.74) is 10.3. The Labute approximate surface area is 147 Å². The highest BCUT2D eigenvalue weighted by Gasteiger charge is 2.49. The highest BCUT2D eigenvalue weighted by atomic mass is 16.1. The Kier molecular flexibility index (Phi) is 3.68. The van der Waals surface area contributed by atoms with Crippen molar-refractivity contribution in [3.8, 4) is 11.1 Å². The topological polar surface area (TPSA) is 60.9 Å². The van der Waals surface area contributed by atoms with Gasteiger partial charge in [-0.3, -0.25) is 9.36 Å². The van der Waals surface area contributed by atoms with Crippen molar-refractivity contribution in [1.82, 2.24) is 9.55 Å². The lowest BCUT2D eigenvalue weighted by Gasteiger charge is -2.07. The summed E-state index contributed by atoms with van der Waals surface area (Å²) in [5, 5.41) is 0. The van der Waals surface area contributed by atoms with Crippen molar-refractivity contribution < 1.29 is 0 Å². The SMILES string of the molecule is C[C@H]1[C@@H](c2cc(=O)n(C)c(N)n2)[C@H]1c1cccc(-c2ccccc2)c1. The van der Waals surface area contributed by atoms with E-state index in [1.54, 1.807) is 13.1 Å². The first-order valence-electron chi connectivity index (χ1n) is 8.55. The number of aromatic nitrogens is 2. The molecule has 4 heteroatoms. The number of benzene rings is 2. The predicted octanol–water partition coefficient (Wildman–Crippen LogP) is 3.55. The average molecular weight is 331 g/mol. The van der Waals surface area contributed by atoms with Crippen LogP contribution in [0.25, 0.3) is 11.1 Å². The summed E-state index contributed by atoms with van der Waals surface area (Å²) < 4.78 is 1.38. The first kappa shape index (κ1) is 15.6. The van der Waals surface area contributed by atoms with Crippen LogP contribution >= 0.6 is 0 Å². The number of anilines is 1. The maximum Gasteiger partial charge on any atom is 0.254 e. The number of hydrogen-bond acceptors (Lipinski definition) is 3. The Morgan fingerprint density at radius 1 is 0.960 bits per heavy atom. The molecule has 0 aliphatic heterocycles. The quantitative estimate of drug-likeness (QED) is 0.798. The highest BCUT2D eigenvalue weighted by molar-refractivity contribution is 5.64. The maximum atomic E-state index is 12.0. The van der Waals surface area contributed by atoms with E-state index in [0.717, 1.165) is 5.69 Å². The van der Waals surface area contributed by atoms with Gasteiger partial charge in [-0.15, -0.1) is 0 Å². The van der Waals surface area contributed by atoms with Crippen molar-refractivity contribution in [3.05, 3.63) is 82.3 Å². The summed E-state index contributed by atoms with van der Waals surface area (Å²) >= 11 is 0. The molecule has 2 N–H and O–H groups in total. The van der Waals surface area contributed by atoms with Crippen LogP contribution in [0, 0.1) is 5.92 Å². The van der Waals surface area contributed by atoms with Crippen molar-refractivity contribution in [2.75, 3.05) is 5.73 Å². The van der Waals surface area contributed by atoms with Crippen LogP contribution in [0.2, 0.25) is 0 Å². The number of nitrogens with two attached hydrogens (primary N) is 1. The molecule has 4 rings (SSSR count). The zero-order valence-electron chi connectivity index (χ0n) is 14.4. The molecule has 1 heterocycles.